The molecule has 3 nitrogen and oxygen atoms in total. The van der Waals surface area contributed by atoms with Crippen LogP contribution in [0.3, 0.4) is 0 Å². The highest BCUT2D eigenvalue weighted by Crippen LogP contribution is 2.43. The van der Waals surface area contributed by atoms with E-state index in [0.717, 1.165) is 21.3 Å². The maximum Gasteiger partial charge on any atom is 0.160 e. The number of hydrogen-bond donors (Lipinski definition) is 0. The van der Waals surface area contributed by atoms with E-state index >= 15 is 0 Å². The molecule has 0 N–H and O–H groups in total. The lowest BCUT2D eigenvalue weighted by molar-refractivity contribution is 0.529. The van der Waals surface area contributed by atoms with Crippen LogP contribution in [0.15, 0.2) is 108 Å². The molecule has 0 fully saturated rings. The van der Waals surface area contributed by atoms with Crippen molar-refractivity contribution in [3.8, 4) is 0 Å². The molecule has 0 aliphatic carbocycles. The van der Waals surface area contributed by atoms with Crippen LogP contribution >= 0.6 is 15.9 Å². The number of rotatable bonds is 4. The van der Waals surface area contributed by atoms with Crippen LogP contribution in [0.25, 0.3) is 11.2 Å². The maximum absolute atomic E-state index is 4.80. The highest BCUT2D eigenvalue weighted by molar-refractivity contribution is 9.10. The van der Waals surface area contributed by atoms with Crippen molar-refractivity contribution in [3.05, 3.63) is 130 Å². The summed E-state index contributed by atoms with van der Waals surface area (Å²) in [5.41, 5.74) is 5.77. The molecule has 0 amide bonds. The van der Waals surface area contributed by atoms with Crippen LogP contribution in [-0.4, -0.2) is 14.5 Å². The number of nitrogens with zero attached hydrogens (tertiary/aromatic N) is 3. The highest BCUT2D eigenvalue weighted by Gasteiger charge is 2.39. The van der Waals surface area contributed by atoms with Gasteiger partial charge in [-0.15, -0.1) is 0 Å². The molecule has 0 radical (unpaired) electrons. The first-order chi connectivity index (χ1) is 15.7. The van der Waals surface area contributed by atoms with E-state index in [1.54, 1.807) is 6.20 Å². The molecule has 0 spiro atoms. The van der Waals surface area contributed by atoms with Crippen LogP contribution in [0.5, 0.6) is 0 Å². The second-order valence-electron chi connectivity index (χ2n) is 7.36. The minimum Gasteiger partial charge on any atom is -0.312 e. The fourth-order valence-corrected chi connectivity index (χ4v) is 4.61. The third-order valence-electron chi connectivity index (χ3n) is 5.58. The molecule has 0 unspecified atom stereocenters. The van der Waals surface area contributed by atoms with Gasteiger partial charge in [-0.1, -0.05) is 105 Å². The van der Waals surface area contributed by atoms with Crippen molar-refractivity contribution in [2.24, 2.45) is 0 Å². The van der Waals surface area contributed by atoms with Gasteiger partial charge in [0.25, 0.3) is 0 Å². The maximum atomic E-state index is 4.80. The van der Waals surface area contributed by atoms with Gasteiger partial charge in [-0.25, -0.2) is 9.97 Å². The Hall–Kier alpha value is -3.24. The average molecular weight is 484 g/mol. The fourth-order valence-electron chi connectivity index (χ4n) is 4.33. The second-order valence-corrected chi connectivity index (χ2v) is 8.17. The smallest absolute Gasteiger partial charge is 0.160 e. The molecule has 0 atom stereocenters. The molecule has 0 saturated carbocycles. The predicted molar refractivity (Wildman–Crippen MR) is 136 cm³/mol. The van der Waals surface area contributed by atoms with Gasteiger partial charge >= 0.3 is 0 Å². The van der Waals surface area contributed by atoms with Crippen LogP contribution < -0.4 is 0 Å². The number of hydrogen-bond acceptors (Lipinski definition) is 2. The van der Waals surface area contributed by atoms with E-state index in [4.69, 9.17) is 9.97 Å². The van der Waals surface area contributed by atoms with Crippen LogP contribution in [-0.2, 0) is 5.54 Å². The summed E-state index contributed by atoms with van der Waals surface area (Å²) in [5.74, 6) is 0. The molecule has 0 bridgehead atoms. The van der Waals surface area contributed by atoms with Crippen molar-refractivity contribution in [1.82, 2.24) is 14.5 Å². The van der Waals surface area contributed by atoms with Crippen molar-refractivity contribution in [1.29, 1.82) is 0 Å². The fraction of sp³-hybridized carbons (Fsp3) is 0.143. The molecular weight excluding hydrogens is 458 g/mol. The summed E-state index contributed by atoms with van der Waals surface area (Å²) in [6.45, 7) is 6.09. The molecule has 160 valence electrons. The van der Waals surface area contributed by atoms with Gasteiger partial charge in [0.05, 0.1) is 6.20 Å². The zero-order valence-electron chi connectivity index (χ0n) is 18.5. The summed E-state index contributed by atoms with van der Waals surface area (Å²) in [5, 5.41) is 0. The summed E-state index contributed by atoms with van der Waals surface area (Å²) >= 11 is 3.48. The summed E-state index contributed by atoms with van der Waals surface area (Å²) in [6.07, 6.45) is 3.94. The minimum absolute atomic E-state index is 0.585. The molecule has 5 aromatic rings. The van der Waals surface area contributed by atoms with E-state index in [0.29, 0.717) is 0 Å². The van der Waals surface area contributed by atoms with Gasteiger partial charge < -0.3 is 4.57 Å². The Morgan fingerprint density at radius 2 is 1.16 bits per heavy atom. The average Bonchev–Trinajstić information content (AvgIpc) is 3.19. The first-order valence-electron chi connectivity index (χ1n) is 10.9. The Morgan fingerprint density at radius 1 is 0.719 bits per heavy atom. The molecule has 32 heavy (non-hydrogen) atoms. The van der Waals surface area contributed by atoms with Gasteiger partial charge in [-0.3, -0.25) is 0 Å². The predicted octanol–water partition coefficient (Wildman–Crippen LogP) is 7.37. The molecular formula is C28H26BrN3. The van der Waals surface area contributed by atoms with E-state index in [9.17, 15) is 0 Å². The van der Waals surface area contributed by atoms with Gasteiger partial charge in [-0.05, 0) is 45.1 Å². The number of halogens is 1. The van der Waals surface area contributed by atoms with Gasteiger partial charge in [0.1, 0.15) is 15.7 Å². The topological polar surface area (TPSA) is 30.7 Å². The third kappa shape index (κ3) is 3.65. The SMILES string of the molecule is CC.Cc1cn(C(c2ccccc2)(c2ccccc2)c2ccccc2)c2ncc(Br)nc12. The lowest BCUT2D eigenvalue weighted by Crippen LogP contribution is -2.37. The molecule has 2 heterocycles. The Balaban J connectivity index is 0.00000119. The highest BCUT2D eigenvalue weighted by atomic mass is 79.9. The number of aromatic nitrogens is 3. The van der Waals surface area contributed by atoms with Gasteiger partial charge in [0.2, 0.25) is 0 Å². The zero-order chi connectivity index (χ0) is 22.6. The van der Waals surface area contributed by atoms with Gasteiger partial charge in [0, 0.05) is 6.20 Å². The van der Waals surface area contributed by atoms with E-state index < -0.39 is 5.54 Å². The van der Waals surface area contributed by atoms with E-state index in [2.05, 4.69) is 125 Å². The van der Waals surface area contributed by atoms with Crippen LogP contribution in [0.2, 0.25) is 0 Å². The molecule has 4 heteroatoms. The summed E-state index contributed by atoms with van der Waals surface area (Å²) in [6, 6.07) is 31.9. The van der Waals surface area contributed by atoms with E-state index in [1.807, 2.05) is 13.8 Å². The monoisotopic (exact) mass is 483 g/mol. The zero-order valence-corrected chi connectivity index (χ0v) is 20.1. The third-order valence-corrected chi connectivity index (χ3v) is 5.97. The van der Waals surface area contributed by atoms with Crippen molar-refractivity contribution < 1.29 is 0 Å². The molecule has 5 rings (SSSR count). The molecule has 2 aromatic heterocycles. The van der Waals surface area contributed by atoms with Gasteiger partial charge in [-0.2, -0.15) is 0 Å². The molecule has 3 aromatic carbocycles. The Kier molecular flexibility index (Phi) is 6.52. The second kappa shape index (κ2) is 9.49. The minimum atomic E-state index is -0.585. The largest absolute Gasteiger partial charge is 0.312 e. The Morgan fingerprint density at radius 3 is 1.59 bits per heavy atom. The lowest BCUT2D eigenvalue weighted by Gasteiger charge is -2.38. The Labute approximate surface area is 197 Å². The first-order valence-corrected chi connectivity index (χ1v) is 11.7. The number of benzene rings is 3. The number of aryl methyl sites for hydroxylation is 1. The summed E-state index contributed by atoms with van der Waals surface area (Å²) < 4.78 is 3.01. The van der Waals surface area contributed by atoms with Crippen LogP contribution in [0, 0.1) is 6.92 Å². The summed E-state index contributed by atoms with van der Waals surface area (Å²) in [7, 11) is 0. The standard InChI is InChI=1S/C26H20BrN3.C2H6/c1-19-18-30(25-24(19)29-23(27)17-28-25)26(20-11-5-2-6-12-20,21-13-7-3-8-14-21)22-15-9-4-10-16-22;1-2/h2-18H,1H3;1-2H3. The van der Waals surface area contributed by atoms with E-state index in [1.165, 1.54) is 16.7 Å². The lowest BCUT2D eigenvalue weighted by atomic mass is 9.76. The van der Waals surface area contributed by atoms with Crippen LogP contribution in [0.1, 0.15) is 36.1 Å². The normalized spacial score (nSPS) is 11.1. The summed E-state index contributed by atoms with van der Waals surface area (Å²) in [4.78, 5) is 9.52. The molecule has 0 aliphatic heterocycles. The molecule has 0 saturated heterocycles. The Bertz CT molecular complexity index is 1200. The van der Waals surface area contributed by atoms with Crippen molar-refractivity contribution in [2.75, 3.05) is 0 Å². The number of fused-ring (bicyclic) bond motifs is 1. The first kappa shape index (κ1) is 22.0. The van der Waals surface area contributed by atoms with Crippen molar-refractivity contribution in [3.63, 3.8) is 0 Å². The van der Waals surface area contributed by atoms with E-state index in [-0.39, 0.29) is 0 Å². The van der Waals surface area contributed by atoms with Crippen molar-refractivity contribution in [2.45, 2.75) is 26.3 Å². The van der Waals surface area contributed by atoms with Crippen LogP contribution in [0.4, 0.5) is 0 Å². The molecule has 0 aliphatic rings. The quantitative estimate of drug-likeness (QED) is 0.250. The van der Waals surface area contributed by atoms with Gasteiger partial charge in [0.15, 0.2) is 5.65 Å². The van der Waals surface area contributed by atoms with Crippen molar-refractivity contribution >= 4 is 27.1 Å².